The molecule has 18 heavy (non-hydrogen) atoms. The van der Waals surface area contributed by atoms with Gasteiger partial charge >= 0.3 is 0 Å². The molecule has 0 aliphatic carbocycles. The number of pyridine rings is 1. The van der Waals surface area contributed by atoms with Crippen LogP contribution in [0.4, 0.5) is 0 Å². The van der Waals surface area contributed by atoms with Crippen LogP contribution >= 0.6 is 0 Å². The summed E-state index contributed by atoms with van der Waals surface area (Å²) in [4.78, 5) is 4.41. The maximum Gasteiger partial charge on any atom is 0.0801 e. The molecule has 1 unspecified atom stereocenters. The molecule has 0 bridgehead atoms. The van der Waals surface area contributed by atoms with Gasteiger partial charge in [-0.05, 0) is 45.5 Å². The van der Waals surface area contributed by atoms with Crippen LogP contribution in [0, 0.1) is 13.8 Å². The molecule has 2 heterocycles. The van der Waals surface area contributed by atoms with Crippen LogP contribution < -0.4 is 5.32 Å². The van der Waals surface area contributed by atoms with Crippen molar-refractivity contribution < 1.29 is 0 Å². The third kappa shape index (κ3) is 2.41. The van der Waals surface area contributed by atoms with Crippen LogP contribution in [0.3, 0.4) is 0 Å². The number of nitrogens with zero attached hydrogens (tertiary/aromatic N) is 4. The minimum Gasteiger partial charge on any atom is -0.308 e. The monoisotopic (exact) mass is 245 g/mol. The van der Waals surface area contributed by atoms with E-state index in [1.54, 1.807) is 0 Å². The van der Waals surface area contributed by atoms with Gasteiger partial charge in [-0.15, -0.1) is 5.10 Å². The predicted molar refractivity (Wildman–Crippen MR) is 70.3 cm³/mol. The largest absolute Gasteiger partial charge is 0.308 e. The molecule has 5 nitrogen and oxygen atoms in total. The van der Waals surface area contributed by atoms with Gasteiger partial charge in [-0.25, -0.2) is 4.68 Å². The molecule has 2 aromatic heterocycles. The summed E-state index contributed by atoms with van der Waals surface area (Å²) >= 11 is 0. The summed E-state index contributed by atoms with van der Waals surface area (Å²) in [5.41, 5.74) is 4.33. The number of rotatable bonds is 4. The maximum absolute atomic E-state index is 4.41. The minimum absolute atomic E-state index is 0.0975. The van der Waals surface area contributed by atoms with Gasteiger partial charge in [0.1, 0.15) is 0 Å². The number of hydrogen-bond acceptors (Lipinski definition) is 4. The van der Waals surface area contributed by atoms with E-state index in [9.17, 15) is 0 Å². The van der Waals surface area contributed by atoms with Crippen molar-refractivity contribution in [1.82, 2.24) is 25.3 Å². The fourth-order valence-corrected chi connectivity index (χ4v) is 2.25. The van der Waals surface area contributed by atoms with Crippen molar-refractivity contribution in [1.29, 1.82) is 0 Å². The quantitative estimate of drug-likeness (QED) is 0.889. The van der Waals surface area contributed by atoms with E-state index in [1.807, 2.05) is 31.8 Å². The van der Waals surface area contributed by atoms with E-state index >= 15 is 0 Å². The van der Waals surface area contributed by atoms with Gasteiger partial charge in [-0.2, -0.15) is 0 Å². The fraction of sp³-hybridized carbons (Fsp3) is 0.462. The molecule has 0 saturated carbocycles. The summed E-state index contributed by atoms with van der Waals surface area (Å²) in [6.45, 7) is 6.90. The van der Waals surface area contributed by atoms with E-state index < -0.39 is 0 Å². The predicted octanol–water partition coefficient (Wildman–Crippen LogP) is 1.62. The van der Waals surface area contributed by atoms with Gasteiger partial charge in [0, 0.05) is 17.9 Å². The van der Waals surface area contributed by atoms with Gasteiger partial charge < -0.3 is 5.32 Å². The molecular formula is C13H19N5. The van der Waals surface area contributed by atoms with Gasteiger partial charge in [0.15, 0.2) is 0 Å². The van der Waals surface area contributed by atoms with Crippen molar-refractivity contribution in [3.8, 4) is 0 Å². The highest BCUT2D eigenvalue weighted by molar-refractivity contribution is 5.29. The lowest BCUT2D eigenvalue weighted by Gasteiger charge is -2.18. The Morgan fingerprint density at radius 2 is 1.94 bits per heavy atom. The van der Waals surface area contributed by atoms with Crippen molar-refractivity contribution in [3.05, 3.63) is 41.0 Å². The Kier molecular flexibility index (Phi) is 3.72. The molecule has 2 aromatic rings. The first-order valence-electron chi connectivity index (χ1n) is 6.16. The van der Waals surface area contributed by atoms with E-state index in [0.717, 1.165) is 23.6 Å². The summed E-state index contributed by atoms with van der Waals surface area (Å²) in [6, 6.07) is 4.29. The molecular weight excluding hydrogens is 226 g/mol. The first-order chi connectivity index (χ1) is 8.65. The van der Waals surface area contributed by atoms with Gasteiger partial charge in [0.25, 0.3) is 0 Å². The molecule has 0 aliphatic rings. The first kappa shape index (κ1) is 12.7. The zero-order valence-corrected chi connectivity index (χ0v) is 11.3. The van der Waals surface area contributed by atoms with Gasteiger partial charge in [-0.1, -0.05) is 5.21 Å². The molecule has 0 aromatic carbocycles. The van der Waals surface area contributed by atoms with Crippen molar-refractivity contribution >= 4 is 0 Å². The highest BCUT2D eigenvalue weighted by Crippen LogP contribution is 2.21. The Hall–Kier alpha value is -1.75. The van der Waals surface area contributed by atoms with Crippen molar-refractivity contribution in [3.63, 3.8) is 0 Å². The molecule has 5 heteroatoms. The Morgan fingerprint density at radius 1 is 1.28 bits per heavy atom. The third-order valence-corrected chi connectivity index (χ3v) is 2.97. The van der Waals surface area contributed by atoms with Crippen LogP contribution in [-0.2, 0) is 6.54 Å². The number of aryl methyl sites for hydroxylation is 3. The van der Waals surface area contributed by atoms with Crippen molar-refractivity contribution in [2.24, 2.45) is 0 Å². The smallest absolute Gasteiger partial charge is 0.0801 e. The summed E-state index contributed by atoms with van der Waals surface area (Å²) in [5.74, 6) is 0. The van der Waals surface area contributed by atoms with Crippen molar-refractivity contribution in [2.45, 2.75) is 33.4 Å². The third-order valence-electron chi connectivity index (χ3n) is 2.97. The number of nitrogens with one attached hydrogen (secondary N) is 1. The fourth-order valence-electron chi connectivity index (χ4n) is 2.25. The lowest BCUT2D eigenvalue weighted by molar-refractivity contribution is 0.551. The molecule has 0 amide bonds. The number of aromatic nitrogens is 4. The average molecular weight is 245 g/mol. The maximum atomic E-state index is 4.41. The molecule has 0 aliphatic heterocycles. The summed E-state index contributed by atoms with van der Waals surface area (Å²) in [6.07, 6.45) is 1.82. The Balaban J connectivity index is 2.45. The second-order valence-corrected chi connectivity index (χ2v) is 4.38. The summed E-state index contributed by atoms with van der Waals surface area (Å²) in [5, 5.41) is 11.4. The van der Waals surface area contributed by atoms with Crippen LogP contribution in [0.5, 0.6) is 0 Å². The SMILES string of the molecule is CCn1nncc1C(NC)c1cc(C)nc(C)c1. The van der Waals surface area contributed by atoms with E-state index in [1.165, 1.54) is 5.56 Å². The standard InChI is InChI=1S/C13H19N5/c1-5-18-12(8-15-17-18)13(14-4)11-6-9(2)16-10(3)7-11/h6-8,13-14H,5H2,1-4H3. The second kappa shape index (κ2) is 5.27. The topological polar surface area (TPSA) is 55.6 Å². The lowest BCUT2D eigenvalue weighted by atomic mass is 10.0. The average Bonchev–Trinajstić information content (AvgIpc) is 2.77. The zero-order valence-electron chi connectivity index (χ0n) is 11.3. The molecule has 0 spiro atoms. The highest BCUT2D eigenvalue weighted by Gasteiger charge is 2.17. The first-order valence-corrected chi connectivity index (χ1v) is 6.16. The van der Waals surface area contributed by atoms with Crippen LogP contribution in [0.15, 0.2) is 18.3 Å². The second-order valence-electron chi connectivity index (χ2n) is 4.38. The molecule has 0 saturated heterocycles. The Bertz CT molecular complexity index is 512. The van der Waals surface area contributed by atoms with E-state index in [2.05, 4.69) is 39.7 Å². The Labute approximate surface area is 107 Å². The normalized spacial score (nSPS) is 12.7. The summed E-state index contributed by atoms with van der Waals surface area (Å²) < 4.78 is 1.91. The van der Waals surface area contributed by atoms with Crippen molar-refractivity contribution in [2.75, 3.05) is 7.05 Å². The van der Waals surface area contributed by atoms with Gasteiger partial charge in [0.2, 0.25) is 0 Å². The zero-order chi connectivity index (χ0) is 13.1. The van der Waals surface area contributed by atoms with Crippen LogP contribution in [-0.4, -0.2) is 27.0 Å². The highest BCUT2D eigenvalue weighted by atomic mass is 15.4. The van der Waals surface area contributed by atoms with Crippen LogP contribution in [0.1, 0.15) is 35.6 Å². The number of hydrogen-bond donors (Lipinski definition) is 1. The molecule has 0 radical (unpaired) electrons. The van der Waals surface area contributed by atoms with Crippen LogP contribution in [0.25, 0.3) is 0 Å². The lowest BCUT2D eigenvalue weighted by Crippen LogP contribution is -2.21. The van der Waals surface area contributed by atoms with E-state index in [0.29, 0.717) is 0 Å². The molecule has 1 atom stereocenters. The van der Waals surface area contributed by atoms with E-state index in [4.69, 9.17) is 0 Å². The van der Waals surface area contributed by atoms with Gasteiger partial charge in [0.05, 0.1) is 17.9 Å². The Morgan fingerprint density at radius 3 is 2.50 bits per heavy atom. The minimum atomic E-state index is 0.0975. The molecule has 96 valence electrons. The van der Waals surface area contributed by atoms with E-state index in [-0.39, 0.29) is 6.04 Å². The van der Waals surface area contributed by atoms with Crippen LogP contribution in [0.2, 0.25) is 0 Å². The van der Waals surface area contributed by atoms with Gasteiger partial charge in [-0.3, -0.25) is 4.98 Å². The molecule has 1 N–H and O–H groups in total. The molecule has 2 rings (SSSR count). The molecule has 0 fully saturated rings. The summed E-state index contributed by atoms with van der Waals surface area (Å²) in [7, 11) is 1.95.